The number of unbranched alkanes of at least 4 members (excludes halogenated alkanes) is 2. The van der Waals surface area contributed by atoms with E-state index in [4.69, 9.17) is 9.47 Å². The lowest BCUT2D eigenvalue weighted by atomic mass is 9.95. The summed E-state index contributed by atoms with van der Waals surface area (Å²) in [4.78, 5) is 44.3. The number of esters is 1. The van der Waals surface area contributed by atoms with Crippen LogP contribution in [0, 0.1) is 0 Å². The minimum atomic E-state index is -0.897. The third kappa shape index (κ3) is 6.17. The van der Waals surface area contributed by atoms with Gasteiger partial charge in [-0.2, -0.15) is 0 Å². The van der Waals surface area contributed by atoms with Crippen molar-refractivity contribution in [2.45, 2.75) is 52.2 Å². The summed E-state index contributed by atoms with van der Waals surface area (Å²) in [5.41, 5.74) is 1.67. The van der Waals surface area contributed by atoms with Crippen LogP contribution in [0.2, 0.25) is 0 Å². The van der Waals surface area contributed by atoms with Crippen LogP contribution in [0.1, 0.15) is 67.6 Å². The van der Waals surface area contributed by atoms with Gasteiger partial charge in [-0.25, -0.2) is 4.79 Å². The molecule has 39 heavy (non-hydrogen) atoms. The topological polar surface area (TPSA) is 106 Å². The summed E-state index contributed by atoms with van der Waals surface area (Å²) in [5, 5.41) is 11.3. The van der Waals surface area contributed by atoms with Crippen molar-refractivity contribution in [3.8, 4) is 5.75 Å². The maximum absolute atomic E-state index is 13.3. The zero-order valence-corrected chi connectivity index (χ0v) is 22.3. The number of ether oxygens (including phenoxy) is 2. The number of aromatic nitrogens is 1. The van der Waals surface area contributed by atoms with Crippen LogP contribution in [0.5, 0.6) is 5.75 Å². The molecule has 1 amide bonds. The third-order valence-corrected chi connectivity index (χ3v) is 6.33. The Morgan fingerprint density at radius 1 is 0.949 bits per heavy atom. The van der Waals surface area contributed by atoms with Crippen LogP contribution in [0.4, 0.5) is 5.69 Å². The largest absolute Gasteiger partial charge is 0.507 e. The highest BCUT2D eigenvalue weighted by atomic mass is 16.5. The molecule has 2 heterocycles. The molecular formula is C31H32N2O6. The summed E-state index contributed by atoms with van der Waals surface area (Å²) in [6.45, 7) is 6.24. The molecule has 8 heteroatoms. The normalized spacial score (nSPS) is 16.5. The number of ketones is 1. The molecule has 0 aliphatic carbocycles. The predicted molar refractivity (Wildman–Crippen MR) is 147 cm³/mol. The summed E-state index contributed by atoms with van der Waals surface area (Å²) >= 11 is 0. The summed E-state index contributed by atoms with van der Waals surface area (Å²) < 4.78 is 11.0. The fourth-order valence-electron chi connectivity index (χ4n) is 4.41. The van der Waals surface area contributed by atoms with Crippen molar-refractivity contribution >= 4 is 29.1 Å². The van der Waals surface area contributed by atoms with Crippen molar-refractivity contribution in [2.24, 2.45) is 0 Å². The van der Waals surface area contributed by atoms with E-state index in [2.05, 4.69) is 11.9 Å². The molecule has 1 unspecified atom stereocenters. The summed E-state index contributed by atoms with van der Waals surface area (Å²) in [6, 6.07) is 15.5. The van der Waals surface area contributed by atoms with Gasteiger partial charge in [0.05, 0.1) is 29.9 Å². The number of carbonyl (C=O) groups excluding carboxylic acids is 3. The Labute approximate surface area is 227 Å². The van der Waals surface area contributed by atoms with Gasteiger partial charge in [0.25, 0.3) is 11.7 Å². The van der Waals surface area contributed by atoms with E-state index in [0.717, 1.165) is 19.3 Å². The highest BCUT2D eigenvalue weighted by molar-refractivity contribution is 6.51. The highest BCUT2D eigenvalue weighted by Crippen LogP contribution is 2.42. The Morgan fingerprint density at radius 2 is 1.59 bits per heavy atom. The van der Waals surface area contributed by atoms with Gasteiger partial charge in [-0.3, -0.25) is 19.5 Å². The molecule has 1 N–H and O–H groups in total. The number of aliphatic hydroxyl groups is 1. The van der Waals surface area contributed by atoms with Gasteiger partial charge in [0, 0.05) is 23.6 Å². The van der Waals surface area contributed by atoms with Crippen LogP contribution in [-0.2, 0) is 14.3 Å². The number of carbonyl (C=O) groups is 3. The molecule has 1 atom stereocenters. The van der Waals surface area contributed by atoms with Gasteiger partial charge in [0.2, 0.25) is 0 Å². The number of nitrogens with zero attached hydrogens (tertiary/aromatic N) is 2. The van der Waals surface area contributed by atoms with E-state index in [1.807, 2.05) is 0 Å². The van der Waals surface area contributed by atoms with Crippen LogP contribution in [0.25, 0.3) is 5.76 Å². The highest BCUT2D eigenvalue weighted by Gasteiger charge is 2.47. The molecule has 1 aliphatic heterocycles. The number of pyridine rings is 1. The van der Waals surface area contributed by atoms with Gasteiger partial charge in [0.1, 0.15) is 11.5 Å². The van der Waals surface area contributed by atoms with Gasteiger partial charge in [-0.1, -0.05) is 19.8 Å². The van der Waals surface area contributed by atoms with Crippen LogP contribution in [0.15, 0.2) is 78.6 Å². The van der Waals surface area contributed by atoms with Crippen LogP contribution < -0.4 is 9.64 Å². The quantitative estimate of drug-likeness (QED) is 0.116. The molecule has 1 aliphatic rings. The van der Waals surface area contributed by atoms with E-state index in [-0.39, 0.29) is 17.4 Å². The maximum atomic E-state index is 13.3. The molecule has 2 aromatic carbocycles. The number of Topliss-reactive ketones (excluding diaryl/α,β-unsaturated/α-hetero) is 1. The maximum Gasteiger partial charge on any atom is 0.338 e. The average molecular weight is 529 g/mol. The summed E-state index contributed by atoms with van der Waals surface area (Å²) in [5.74, 6) is -1.71. The fourth-order valence-corrected chi connectivity index (χ4v) is 4.41. The summed E-state index contributed by atoms with van der Waals surface area (Å²) in [7, 11) is 0. The Morgan fingerprint density at radius 3 is 2.21 bits per heavy atom. The van der Waals surface area contributed by atoms with Crippen molar-refractivity contribution < 1.29 is 29.0 Å². The minimum absolute atomic E-state index is 0.0360. The number of aliphatic hydroxyl groups excluding tert-OH is 1. The minimum Gasteiger partial charge on any atom is -0.507 e. The standard InChI is InChI=1S/C31H32N2O6/c1-4-5-6-19-38-25-13-9-22(10-14-25)28(34)26-27(21-15-17-32-18-16-21)33(30(36)29(26)35)24-11-7-23(8-12-24)31(37)39-20(2)3/h7-18,20,27,34H,4-6,19H2,1-3H3/b28-26+. The molecule has 3 aromatic rings. The second-order valence-electron chi connectivity index (χ2n) is 9.53. The van der Waals surface area contributed by atoms with Gasteiger partial charge < -0.3 is 14.6 Å². The molecule has 0 radical (unpaired) electrons. The van der Waals surface area contributed by atoms with Crippen molar-refractivity contribution in [1.82, 2.24) is 4.98 Å². The number of rotatable bonds is 10. The Hall–Kier alpha value is -4.46. The molecule has 0 bridgehead atoms. The zero-order chi connectivity index (χ0) is 27.9. The first kappa shape index (κ1) is 27.6. The van der Waals surface area contributed by atoms with Crippen LogP contribution in [-0.4, -0.2) is 40.5 Å². The number of anilines is 1. The van der Waals surface area contributed by atoms with E-state index in [1.54, 1.807) is 86.9 Å². The molecule has 4 rings (SSSR count). The Kier molecular flexibility index (Phi) is 8.76. The zero-order valence-electron chi connectivity index (χ0n) is 22.3. The molecule has 1 aromatic heterocycles. The SMILES string of the molecule is CCCCCOc1ccc(/C(O)=C2\C(=O)C(=O)N(c3ccc(C(=O)OC(C)C)cc3)C2c2ccncc2)cc1. The Bertz CT molecular complexity index is 1350. The Balaban J connectivity index is 1.70. The van der Waals surface area contributed by atoms with Gasteiger partial charge in [0.15, 0.2) is 0 Å². The van der Waals surface area contributed by atoms with Gasteiger partial charge in [-0.05, 0) is 86.5 Å². The third-order valence-electron chi connectivity index (χ3n) is 6.33. The molecule has 0 spiro atoms. The van der Waals surface area contributed by atoms with E-state index < -0.39 is 23.7 Å². The lowest BCUT2D eigenvalue weighted by molar-refractivity contribution is -0.132. The lowest BCUT2D eigenvalue weighted by Crippen LogP contribution is -2.29. The van der Waals surface area contributed by atoms with Crippen LogP contribution in [0.3, 0.4) is 0 Å². The van der Waals surface area contributed by atoms with Crippen molar-refractivity contribution in [3.05, 3.63) is 95.3 Å². The smallest absolute Gasteiger partial charge is 0.338 e. The number of hydrogen-bond acceptors (Lipinski definition) is 7. The van der Waals surface area contributed by atoms with Crippen molar-refractivity contribution in [1.29, 1.82) is 0 Å². The number of hydrogen-bond donors (Lipinski definition) is 1. The first-order chi connectivity index (χ1) is 18.8. The molecular weight excluding hydrogens is 496 g/mol. The fraction of sp³-hybridized carbons (Fsp3) is 0.290. The molecule has 0 saturated carbocycles. The summed E-state index contributed by atoms with van der Waals surface area (Å²) in [6.07, 6.45) is 5.98. The number of benzene rings is 2. The van der Waals surface area contributed by atoms with Crippen LogP contribution >= 0.6 is 0 Å². The van der Waals surface area contributed by atoms with Gasteiger partial charge >= 0.3 is 5.97 Å². The second kappa shape index (κ2) is 12.4. The monoisotopic (exact) mass is 528 g/mol. The van der Waals surface area contributed by atoms with E-state index in [0.29, 0.717) is 34.7 Å². The van der Waals surface area contributed by atoms with Crippen molar-refractivity contribution in [3.63, 3.8) is 0 Å². The van der Waals surface area contributed by atoms with E-state index in [9.17, 15) is 19.5 Å². The first-order valence-corrected chi connectivity index (χ1v) is 13.1. The van der Waals surface area contributed by atoms with Gasteiger partial charge in [-0.15, -0.1) is 0 Å². The average Bonchev–Trinajstić information content (AvgIpc) is 3.21. The number of amides is 1. The first-order valence-electron chi connectivity index (χ1n) is 13.1. The van der Waals surface area contributed by atoms with E-state index >= 15 is 0 Å². The van der Waals surface area contributed by atoms with E-state index in [1.165, 1.54) is 4.90 Å². The molecule has 1 fully saturated rings. The van der Waals surface area contributed by atoms with Crippen molar-refractivity contribution in [2.75, 3.05) is 11.5 Å². The molecule has 202 valence electrons. The molecule has 8 nitrogen and oxygen atoms in total. The predicted octanol–water partition coefficient (Wildman–Crippen LogP) is 5.84. The lowest BCUT2D eigenvalue weighted by Gasteiger charge is -2.25. The second-order valence-corrected chi connectivity index (χ2v) is 9.53. The molecule has 1 saturated heterocycles.